The number of rotatable bonds is 16. The number of piperidine rings is 1. The van der Waals surface area contributed by atoms with Gasteiger partial charge in [0.1, 0.15) is 18.7 Å². The van der Waals surface area contributed by atoms with E-state index in [0.29, 0.717) is 32.4 Å². The van der Waals surface area contributed by atoms with E-state index in [1.165, 1.54) is 7.11 Å². The van der Waals surface area contributed by atoms with Gasteiger partial charge in [0.15, 0.2) is 0 Å². The Bertz CT molecular complexity index is 1470. The van der Waals surface area contributed by atoms with Crippen molar-refractivity contribution in [3.63, 3.8) is 0 Å². The number of hydrogen-bond acceptors (Lipinski definition) is 8. The number of carbonyl (C=O) groups is 6. The lowest BCUT2D eigenvalue weighted by atomic mass is 9.87. The Morgan fingerprint density at radius 1 is 0.962 bits per heavy atom. The molecule has 0 aromatic heterocycles. The summed E-state index contributed by atoms with van der Waals surface area (Å²) in [5, 5.41) is 13.8. The number of methoxy groups -OCH3 is 1. The number of Topliss-reactive ketones (excluding diaryl/α,β-unsaturated/α-hetero) is 1. The minimum atomic E-state index is -1.06. The molecule has 1 aliphatic heterocycles. The normalized spacial score (nSPS) is 21.8. The molecule has 1 unspecified atom stereocenters. The second-order valence-electron chi connectivity index (χ2n) is 15.9. The minimum absolute atomic E-state index is 0.0526. The van der Waals surface area contributed by atoms with E-state index in [4.69, 9.17) is 9.47 Å². The van der Waals surface area contributed by atoms with Crippen LogP contribution < -0.4 is 26.6 Å². The summed E-state index contributed by atoms with van der Waals surface area (Å²) < 4.78 is 10.3. The van der Waals surface area contributed by atoms with Crippen molar-refractivity contribution >= 4 is 35.6 Å². The molecule has 6 amide bonds. The Morgan fingerprint density at radius 3 is 2.19 bits per heavy atom. The third-order valence-electron chi connectivity index (χ3n) is 10.9. The summed E-state index contributed by atoms with van der Waals surface area (Å²) in [6, 6.07) is 3.84. The van der Waals surface area contributed by atoms with Crippen molar-refractivity contribution in [3.05, 3.63) is 35.4 Å². The van der Waals surface area contributed by atoms with Crippen molar-refractivity contribution in [2.24, 2.45) is 28.6 Å². The van der Waals surface area contributed by atoms with Crippen molar-refractivity contribution in [2.45, 2.75) is 98.3 Å². The quantitative estimate of drug-likeness (QED) is 0.127. The molecule has 1 aromatic rings. The third kappa shape index (κ3) is 9.42. The van der Waals surface area contributed by atoms with Crippen LogP contribution in [0.15, 0.2) is 24.3 Å². The maximum Gasteiger partial charge on any atom is 0.407 e. The summed E-state index contributed by atoms with van der Waals surface area (Å²) in [5.41, 5.74) is 1.49. The molecule has 0 radical (unpaired) electrons. The standard InChI is InChI=1S/C38H58N6O8/c1-9-13-26(31(45)33(47)40-16-17-51-8)41-32(46)30-28-25(38(28,6)7)20-44(30)34(48)29(24-18-22-14-11-12-15-23(22)19-24)43-35(49)42-27(37(3,4)5)21-52-36(50)39-10-2/h11-12,14-15,24-30H,9-10,13,16-21H2,1-8H3,(H,39,50)(H,40,47)(H,41,46)(H2,42,43,49)/t25-,26?,27+,28-,29-,30-/m0/s1. The lowest BCUT2D eigenvalue weighted by molar-refractivity contribution is -0.144. The first kappa shape index (κ1) is 40.6. The summed E-state index contributed by atoms with van der Waals surface area (Å²) in [6.45, 7) is 14.5. The van der Waals surface area contributed by atoms with Crippen molar-refractivity contribution in [3.8, 4) is 0 Å². The third-order valence-corrected chi connectivity index (χ3v) is 10.9. The van der Waals surface area contributed by atoms with Gasteiger partial charge in [-0.1, -0.05) is 72.2 Å². The van der Waals surface area contributed by atoms with Gasteiger partial charge in [-0.25, -0.2) is 9.59 Å². The van der Waals surface area contributed by atoms with Gasteiger partial charge in [-0.05, 0) is 65.9 Å². The smallest absolute Gasteiger partial charge is 0.407 e. The lowest BCUT2D eigenvalue weighted by Crippen LogP contribution is -2.61. The van der Waals surface area contributed by atoms with E-state index in [-0.39, 0.29) is 55.3 Å². The summed E-state index contributed by atoms with van der Waals surface area (Å²) in [4.78, 5) is 82.1. The Labute approximate surface area is 307 Å². The Morgan fingerprint density at radius 2 is 1.62 bits per heavy atom. The summed E-state index contributed by atoms with van der Waals surface area (Å²) in [6.07, 6.45) is 1.32. The van der Waals surface area contributed by atoms with Crippen LogP contribution >= 0.6 is 0 Å². The minimum Gasteiger partial charge on any atom is -0.447 e. The van der Waals surface area contributed by atoms with Gasteiger partial charge in [-0.3, -0.25) is 19.2 Å². The predicted octanol–water partition coefficient (Wildman–Crippen LogP) is 2.33. The number of nitrogens with zero attached hydrogens (tertiary/aromatic N) is 1. The molecule has 0 bridgehead atoms. The molecule has 2 aliphatic carbocycles. The molecule has 1 heterocycles. The molecule has 5 N–H and O–H groups in total. The van der Waals surface area contributed by atoms with E-state index in [0.717, 1.165) is 11.1 Å². The monoisotopic (exact) mass is 726 g/mol. The number of fused-ring (bicyclic) bond motifs is 2. The number of carbonyl (C=O) groups excluding carboxylic acids is 6. The molecule has 6 atom stereocenters. The zero-order valence-corrected chi connectivity index (χ0v) is 31.9. The van der Waals surface area contributed by atoms with Crippen LogP contribution in [0, 0.1) is 28.6 Å². The molecule has 1 saturated heterocycles. The van der Waals surface area contributed by atoms with Gasteiger partial charge in [0, 0.05) is 26.7 Å². The number of hydrogen-bond donors (Lipinski definition) is 5. The van der Waals surface area contributed by atoms with Gasteiger partial charge in [0.05, 0.1) is 18.7 Å². The summed E-state index contributed by atoms with van der Waals surface area (Å²) in [7, 11) is 1.49. The van der Waals surface area contributed by atoms with E-state index in [2.05, 4.69) is 40.4 Å². The average Bonchev–Trinajstić information content (AvgIpc) is 3.43. The van der Waals surface area contributed by atoms with Crippen LogP contribution in [0.1, 0.15) is 72.4 Å². The van der Waals surface area contributed by atoms with E-state index >= 15 is 0 Å². The zero-order valence-electron chi connectivity index (χ0n) is 31.9. The number of urea groups is 1. The molecule has 14 heteroatoms. The molecule has 3 aliphatic rings. The van der Waals surface area contributed by atoms with Crippen molar-refractivity contribution in [1.29, 1.82) is 0 Å². The van der Waals surface area contributed by atoms with Gasteiger partial charge < -0.3 is 41.0 Å². The first-order valence-electron chi connectivity index (χ1n) is 18.5. The van der Waals surface area contributed by atoms with Gasteiger partial charge in [0.25, 0.3) is 5.91 Å². The molecule has 2 fully saturated rings. The fourth-order valence-corrected chi connectivity index (χ4v) is 7.73. The van der Waals surface area contributed by atoms with E-state index < -0.39 is 59.3 Å². The average molecular weight is 727 g/mol. The number of amides is 6. The van der Waals surface area contributed by atoms with Crippen LogP contribution in [0.5, 0.6) is 0 Å². The maximum atomic E-state index is 14.8. The van der Waals surface area contributed by atoms with E-state index in [1.807, 2.05) is 52.0 Å². The SMILES string of the molecule is CCCC(NC(=O)[C@@H]1[C@@H]2[C@H](CN1C(=O)[C@@H](NC(=O)N[C@H](COC(=O)NCC)C(C)(C)C)C1Cc3ccccc3C1)C2(C)C)C(=O)C(=O)NCCOC. The van der Waals surface area contributed by atoms with E-state index in [1.54, 1.807) is 11.8 Å². The lowest BCUT2D eigenvalue weighted by Gasteiger charge is -2.36. The molecule has 52 heavy (non-hydrogen) atoms. The second-order valence-corrected chi connectivity index (χ2v) is 15.9. The van der Waals surface area contributed by atoms with Crippen LogP contribution in [0.2, 0.25) is 0 Å². The molecule has 1 aromatic carbocycles. The number of alkyl carbamates (subject to hydrolysis) is 1. The molecular weight excluding hydrogens is 668 g/mol. The van der Waals surface area contributed by atoms with Crippen LogP contribution in [0.3, 0.4) is 0 Å². The molecule has 14 nitrogen and oxygen atoms in total. The first-order chi connectivity index (χ1) is 24.5. The molecule has 288 valence electrons. The Kier molecular flexibility index (Phi) is 13.3. The summed E-state index contributed by atoms with van der Waals surface area (Å²) >= 11 is 0. The molecular formula is C38H58N6O8. The molecule has 0 spiro atoms. The summed E-state index contributed by atoms with van der Waals surface area (Å²) in [5.74, 6) is -2.81. The predicted molar refractivity (Wildman–Crippen MR) is 194 cm³/mol. The number of likely N-dealkylation sites (tertiary alicyclic amines) is 1. The number of nitrogens with one attached hydrogen (secondary N) is 5. The van der Waals surface area contributed by atoms with Gasteiger partial charge in [0.2, 0.25) is 17.6 Å². The van der Waals surface area contributed by atoms with Gasteiger partial charge in [-0.15, -0.1) is 0 Å². The van der Waals surface area contributed by atoms with Crippen molar-refractivity contribution < 1.29 is 38.2 Å². The highest BCUT2D eigenvalue weighted by Crippen LogP contribution is 2.65. The highest BCUT2D eigenvalue weighted by atomic mass is 16.5. The van der Waals surface area contributed by atoms with E-state index in [9.17, 15) is 28.8 Å². The van der Waals surface area contributed by atoms with Crippen LogP contribution in [0.25, 0.3) is 0 Å². The van der Waals surface area contributed by atoms with Crippen LogP contribution in [-0.4, -0.2) is 105 Å². The largest absolute Gasteiger partial charge is 0.447 e. The van der Waals surface area contributed by atoms with Crippen molar-refractivity contribution in [2.75, 3.05) is 40.0 Å². The Balaban J connectivity index is 1.57. The number of ketones is 1. The number of benzene rings is 1. The van der Waals surface area contributed by atoms with Crippen LogP contribution in [-0.2, 0) is 41.5 Å². The molecule has 4 rings (SSSR count). The first-order valence-corrected chi connectivity index (χ1v) is 18.5. The topological polar surface area (TPSA) is 184 Å². The molecule has 1 saturated carbocycles. The number of ether oxygens (including phenoxy) is 2. The van der Waals surface area contributed by atoms with Crippen molar-refractivity contribution in [1.82, 2.24) is 31.5 Å². The highest BCUT2D eigenvalue weighted by molar-refractivity contribution is 6.38. The van der Waals surface area contributed by atoms with Gasteiger partial charge in [-0.2, -0.15) is 0 Å². The van der Waals surface area contributed by atoms with Crippen LogP contribution in [0.4, 0.5) is 9.59 Å². The highest BCUT2D eigenvalue weighted by Gasteiger charge is 2.69. The van der Waals surface area contributed by atoms with Gasteiger partial charge >= 0.3 is 12.1 Å². The fourth-order valence-electron chi connectivity index (χ4n) is 7.73. The fraction of sp³-hybridized carbons (Fsp3) is 0.684. The Hall–Kier alpha value is -4.20. The zero-order chi connectivity index (χ0) is 38.4. The second kappa shape index (κ2) is 17.1. The maximum absolute atomic E-state index is 14.8.